The van der Waals surface area contributed by atoms with Crippen molar-refractivity contribution in [2.75, 3.05) is 27.7 Å². The van der Waals surface area contributed by atoms with E-state index in [0.717, 1.165) is 9.87 Å². The zero-order valence-corrected chi connectivity index (χ0v) is 15.2. The van der Waals surface area contributed by atoms with E-state index >= 15 is 0 Å². The fourth-order valence-corrected chi connectivity index (χ4v) is 3.26. The number of nitrogens with zero attached hydrogens (tertiary/aromatic N) is 2. The van der Waals surface area contributed by atoms with Gasteiger partial charge >= 0.3 is 0 Å². The smallest absolute Gasteiger partial charge is 0.251 e. The summed E-state index contributed by atoms with van der Waals surface area (Å²) in [4.78, 5) is 16.3. The molecule has 2 aromatic rings. The van der Waals surface area contributed by atoms with E-state index in [2.05, 4.69) is 10.3 Å². The Kier molecular flexibility index (Phi) is 6.11. The Hall–Kier alpha value is -2.45. The molecular weight excluding hydrogens is 342 g/mol. The Balaban J connectivity index is 2.15. The molecule has 0 aliphatic heterocycles. The van der Waals surface area contributed by atoms with Gasteiger partial charge in [-0.2, -0.15) is 0 Å². The van der Waals surface area contributed by atoms with Crippen LogP contribution in [-0.2, 0) is 16.4 Å². The number of ether oxygens (including phenoxy) is 1. The number of hydrogen-bond donors (Lipinski definition) is 1. The molecule has 7 nitrogen and oxygen atoms in total. The van der Waals surface area contributed by atoms with Gasteiger partial charge in [0.05, 0.1) is 7.11 Å². The topological polar surface area (TPSA) is 88.6 Å². The van der Waals surface area contributed by atoms with E-state index in [0.29, 0.717) is 13.0 Å². The van der Waals surface area contributed by atoms with Crippen molar-refractivity contribution in [3.8, 4) is 5.75 Å². The Labute approximate surface area is 147 Å². The molecule has 0 atom stereocenters. The van der Waals surface area contributed by atoms with Crippen molar-refractivity contribution in [1.29, 1.82) is 0 Å². The number of hydrogen-bond acceptors (Lipinski definition) is 5. The van der Waals surface area contributed by atoms with Crippen molar-refractivity contribution in [3.05, 3.63) is 53.9 Å². The summed E-state index contributed by atoms with van der Waals surface area (Å²) in [6.45, 7) is 0.423. The molecule has 1 N–H and O–H groups in total. The molecular formula is C17H21N3O4S. The fraction of sp³-hybridized carbons (Fsp3) is 0.294. The third-order valence-corrected chi connectivity index (χ3v) is 5.44. The van der Waals surface area contributed by atoms with Crippen LogP contribution in [0, 0.1) is 0 Å². The van der Waals surface area contributed by atoms with Crippen molar-refractivity contribution >= 4 is 15.9 Å². The van der Waals surface area contributed by atoms with Crippen LogP contribution in [0.4, 0.5) is 0 Å². The van der Waals surface area contributed by atoms with E-state index in [1.807, 2.05) is 12.1 Å². The number of carbonyl (C=O) groups is 1. The summed E-state index contributed by atoms with van der Waals surface area (Å²) in [5.41, 5.74) is 1.26. The summed E-state index contributed by atoms with van der Waals surface area (Å²) >= 11 is 0. The summed E-state index contributed by atoms with van der Waals surface area (Å²) in [6, 6.07) is 8.10. The lowest BCUT2D eigenvalue weighted by Crippen LogP contribution is -2.27. The first-order chi connectivity index (χ1) is 11.9. The third kappa shape index (κ3) is 4.55. The molecule has 0 unspecified atom stereocenters. The van der Waals surface area contributed by atoms with Gasteiger partial charge in [0.2, 0.25) is 10.0 Å². The first-order valence-electron chi connectivity index (χ1n) is 7.64. The Morgan fingerprint density at radius 1 is 1.28 bits per heavy atom. The van der Waals surface area contributed by atoms with Crippen molar-refractivity contribution in [2.45, 2.75) is 11.3 Å². The Morgan fingerprint density at radius 2 is 2.04 bits per heavy atom. The van der Waals surface area contributed by atoms with Crippen molar-refractivity contribution in [1.82, 2.24) is 14.6 Å². The summed E-state index contributed by atoms with van der Waals surface area (Å²) in [7, 11) is 0.519. The number of rotatable bonds is 7. The first-order valence-corrected chi connectivity index (χ1v) is 9.08. The summed E-state index contributed by atoms with van der Waals surface area (Å²) in [6.07, 6.45) is 4.06. The molecule has 0 aliphatic rings. The van der Waals surface area contributed by atoms with Crippen LogP contribution in [-0.4, -0.2) is 51.4 Å². The number of carbonyl (C=O) groups excluding carboxylic acids is 1. The summed E-state index contributed by atoms with van der Waals surface area (Å²) in [5, 5.41) is 2.78. The molecule has 8 heteroatoms. The highest BCUT2D eigenvalue weighted by molar-refractivity contribution is 7.89. The SMILES string of the molecule is COc1ccc(C(=O)NCCc2cccnc2)cc1S(=O)(=O)N(C)C. The van der Waals surface area contributed by atoms with Gasteiger partial charge in [0.25, 0.3) is 5.91 Å². The summed E-state index contributed by atoms with van der Waals surface area (Å²) in [5.74, 6) is -0.151. The second kappa shape index (κ2) is 8.09. The van der Waals surface area contributed by atoms with Crippen LogP contribution in [0.15, 0.2) is 47.6 Å². The van der Waals surface area contributed by atoms with E-state index in [4.69, 9.17) is 4.74 Å². The molecule has 0 aliphatic carbocycles. The number of amides is 1. The van der Waals surface area contributed by atoms with Crippen LogP contribution in [0.2, 0.25) is 0 Å². The lowest BCUT2D eigenvalue weighted by Gasteiger charge is -2.15. The summed E-state index contributed by atoms with van der Waals surface area (Å²) < 4.78 is 31.0. The maximum absolute atomic E-state index is 12.4. The minimum atomic E-state index is -3.72. The number of methoxy groups -OCH3 is 1. The van der Waals surface area contributed by atoms with Crippen LogP contribution >= 0.6 is 0 Å². The predicted octanol–water partition coefficient (Wildman–Crippen LogP) is 1.31. The third-order valence-electron chi connectivity index (χ3n) is 3.61. The Bertz CT molecular complexity index is 836. The lowest BCUT2D eigenvalue weighted by molar-refractivity contribution is 0.0954. The number of nitrogens with one attached hydrogen (secondary N) is 1. The second-order valence-corrected chi connectivity index (χ2v) is 7.64. The van der Waals surface area contributed by atoms with Crippen LogP contribution < -0.4 is 10.1 Å². The molecule has 2 rings (SSSR count). The van der Waals surface area contributed by atoms with Gasteiger partial charge in [0, 0.05) is 38.6 Å². The molecule has 0 radical (unpaired) electrons. The minimum Gasteiger partial charge on any atom is -0.495 e. The largest absolute Gasteiger partial charge is 0.495 e. The van der Waals surface area contributed by atoms with Gasteiger partial charge in [-0.25, -0.2) is 12.7 Å². The van der Waals surface area contributed by atoms with Gasteiger partial charge in [-0.1, -0.05) is 6.07 Å². The van der Waals surface area contributed by atoms with Crippen LogP contribution in [0.3, 0.4) is 0 Å². The van der Waals surface area contributed by atoms with Crippen LogP contribution in [0.1, 0.15) is 15.9 Å². The first kappa shape index (κ1) is 18.9. The molecule has 0 spiro atoms. The molecule has 1 heterocycles. The zero-order chi connectivity index (χ0) is 18.4. The van der Waals surface area contributed by atoms with E-state index in [-0.39, 0.29) is 22.1 Å². The number of benzene rings is 1. The van der Waals surface area contributed by atoms with Crippen LogP contribution in [0.25, 0.3) is 0 Å². The average Bonchev–Trinajstić information content (AvgIpc) is 2.61. The number of sulfonamides is 1. The number of aromatic nitrogens is 1. The van der Waals surface area contributed by atoms with E-state index in [1.165, 1.54) is 39.4 Å². The highest BCUT2D eigenvalue weighted by Gasteiger charge is 2.23. The van der Waals surface area contributed by atoms with E-state index in [1.54, 1.807) is 12.4 Å². The second-order valence-electron chi connectivity index (χ2n) is 5.52. The maximum atomic E-state index is 12.4. The number of pyridine rings is 1. The predicted molar refractivity (Wildman–Crippen MR) is 94.1 cm³/mol. The quantitative estimate of drug-likeness (QED) is 0.801. The lowest BCUT2D eigenvalue weighted by atomic mass is 10.2. The molecule has 134 valence electrons. The molecule has 0 saturated carbocycles. The standard InChI is InChI=1S/C17H21N3O4S/c1-20(2)25(22,23)16-11-14(6-7-15(16)24-3)17(21)19-10-8-13-5-4-9-18-12-13/h4-7,9,11-12H,8,10H2,1-3H3,(H,19,21). The molecule has 0 fully saturated rings. The van der Waals surface area contributed by atoms with Gasteiger partial charge in [-0.3, -0.25) is 9.78 Å². The highest BCUT2D eigenvalue weighted by Crippen LogP contribution is 2.26. The van der Waals surface area contributed by atoms with E-state index in [9.17, 15) is 13.2 Å². The van der Waals surface area contributed by atoms with Crippen molar-refractivity contribution in [3.63, 3.8) is 0 Å². The van der Waals surface area contributed by atoms with Gasteiger partial charge in [0.15, 0.2) is 0 Å². The molecule has 1 aromatic carbocycles. The average molecular weight is 363 g/mol. The molecule has 1 amide bonds. The normalized spacial score (nSPS) is 11.4. The van der Waals surface area contributed by atoms with Crippen molar-refractivity contribution in [2.24, 2.45) is 0 Å². The minimum absolute atomic E-state index is 0.0418. The van der Waals surface area contributed by atoms with Crippen LogP contribution in [0.5, 0.6) is 5.75 Å². The Morgan fingerprint density at radius 3 is 2.64 bits per heavy atom. The monoisotopic (exact) mass is 363 g/mol. The molecule has 1 aromatic heterocycles. The van der Waals surface area contributed by atoms with Crippen molar-refractivity contribution < 1.29 is 17.9 Å². The van der Waals surface area contributed by atoms with E-state index < -0.39 is 10.0 Å². The molecule has 25 heavy (non-hydrogen) atoms. The zero-order valence-electron chi connectivity index (χ0n) is 14.4. The van der Waals surface area contributed by atoms with Gasteiger partial charge in [-0.15, -0.1) is 0 Å². The van der Waals surface area contributed by atoms with Gasteiger partial charge < -0.3 is 10.1 Å². The highest BCUT2D eigenvalue weighted by atomic mass is 32.2. The van der Waals surface area contributed by atoms with Gasteiger partial charge in [0.1, 0.15) is 10.6 Å². The molecule has 0 bridgehead atoms. The fourth-order valence-electron chi connectivity index (χ4n) is 2.18. The maximum Gasteiger partial charge on any atom is 0.251 e. The molecule has 0 saturated heterocycles. The van der Waals surface area contributed by atoms with Gasteiger partial charge in [-0.05, 0) is 36.2 Å².